The maximum atomic E-state index is 5.78. The lowest BCUT2D eigenvalue weighted by molar-refractivity contribution is -0.0224. The Morgan fingerprint density at radius 1 is 1.19 bits per heavy atom. The van der Waals surface area contributed by atoms with Gasteiger partial charge in [-0.25, -0.2) is 0 Å². The zero-order valence-electron chi connectivity index (χ0n) is 10.5. The van der Waals surface area contributed by atoms with Crippen LogP contribution in [-0.4, -0.2) is 52.2 Å². The number of piperidine rings is 1. The van der Waals surface area contributed by atoms with Gasteiger partial charge in [0.05, 0.1) is 19.3 Å². The average molecular weight is 231 g/mol. The van der Waals surface area contributed by atoms with Crippen molar-refractivity contribution in [3.05, 3.63) is 0 Å². The highest BCUT2D eigenvalue weighted by Gasteiger charge is 2.20. The highest BCUT2D eigenvalue weighted by Crippen LogP contribution is 2.11. The van der Waals surface area contributed by atoms with Crippen LogP contribution in [0.4, 0.5) is 0 Å². The van der Waals surface area contributed by atoms with Crippen molar-refractivity contribution in [1.29, 1.82) is 0 Å². The molecule has 1 heterocycles. The Morgan fingerprint density at radius 3 is 2.81 bits per heavy atom. The van der Waals surface area contributed by atoms with Gasteiger partial charge in [0.1, 0.15) is 0 Å². The SMILES string of the molecule is COCCCOCCOC1CCCNC1C. The van der Waals surface area contributed by atoms with Gasteiger partial charge in [-0.15, -0.1) is 0 Å². The Balaban J connectivity index is 1.90. The largest absolute Gasteiger partial charge is 0.385 e. The first kappa shape index (κ1) is 13.9. The zero-order chi connectivity index (χ0) is 11.6. The summed E-state index contributed by atoms with van der Waals surface area (Å²) in [5.41, 5.74) is 0. The van der Waals surface area contributed by atoms with Crippen LogP contribution in [-0.2, 0) is 14.2 Å². The van der Waals surface area contributed by atoms with Gasteiger partial charge in [-0.05, 0) is 32.7 Å². The number of hydrogen-bond acceptors (Lipinski definition) is 4. The van der Waals surface area contributed by atoms with E-state index in [-0.39, 0.29) is 0 Å². The third kappa shape index (κ3) is 5.80. The first-order valence-electron chi connectivity index (χ1n) is 6.26. The maximum Gasteiger partial charge on any atom is 0.0726 e. The molecule has 4 nitrogen and oxygen atoms in total. The fourth-order valence-corrected chi connectivity index (χ4v) is 1.91. The Morgan fingerprint density at radius 2 is 2.06 bits per heavy atom. The number of nitrogens with one attached hydrogen (secondary N) is 1. The highest BCUT2D eigenvalue weighted by molar-refractivity contribution is 4.77. The highest BCUT2D eigenvalue weighted by atomic mass is 16.5. The second-order valence-electron chi connectivity index (χ2n) is 4.25. The van der Waals surface area contributed by atoms with Crippen LogP contribution in [0.15, 0.2) is 0 Å². The van der Waals surface area contributed by atoms with E-state index in [2.05, 4.69) is 12.2 Å². The van der Waals surface area contributed by atoms with E-state index in [1.165, 1.54) is 6.42 Å². The number of methoxy groups -OCH3 is 1. The normalized spacial score (nSPS) is 25.9. The van der Waals surface area contributed by atoms with Crippen LogP contribution < -0.4 is 5.32 Å². The van der Waals surface area contributed by atoms with Crippen molar-refractivity contribution in [2.24, 2.45) is 0 Å². The van der Waals surface area contributed by atoms with E-state index in [1.807, 2.05) is 0 Å². The molecule has 0 aromatic rings. The lowest BCUT2D eigenvalue weighted by Gasteiger charge is -2.29. The van der Waals surface area contributed by atoms with Crippen molar-refractivity contribution < 1.29 is 14.2 Å². The van der Waals surface area contributed by atoms with E-state index in [1.54, 1.807) is 7.11 Å². The topological polar surface area (TPSA) is 39.7 Å². The summed E-state index contributed by atoms with van der Waals surface area (Å²) in [4.78, 5) is 0. The van der Waals surface area contributed by atoms with Gasteiger partial charge in [0.2, 0.25) is 0 Å². The van der Waals surface area contributed by atoms with Crippen molar-refractivity contribution in [1.82, 2.24) is 5.32 Å². The molecule has 0 bridgehead atoms. The smallest absolute Gasteiger partial charge is 0.0726 e. The predicted molar refractivity (Wildman–Crippen MR) is 63.8 cm³/mol. The molecule has 4 heteroatoms. The van der Waals surface area contributed by atoms with Crippen molar-refractivity contribution in [2.75, 3.05) is 40.1 Å². The molecule has 96 valence electrons. The van der Waals surface area contributed by atoms with E-state index in [0.29, 0.717) is 25.4 Å². The van der Waals surface area contributed by atoms with E-state index in [4.69, 9.17) is 14.2 Å². The molecular formula is C12H25NO3. The van der Waals surface area contributed by atoms with Gasteiger partial charge >= 0.3 is 0 Å². The predicted octanol–water partition coefficient (Wildman–Crippen LogP) is 1.20. The van der Waals surface area contributed by atoms with Crippen molar-refractivity contribution >= 4 is 0 Å². The third-order valence-corrected chi connectivity index (χ3v) is 2.89. The minimum atomic E-state index is 0.358. The summed E-state index contributed by atoms with van der Waals surface area (Å²) in [7, 11) is 1.71. The molecule has 0 saturated carbocycles. The number of ether oxygens (including phenoxy) is 3. The molecule has 0 aliphatic carbocycles. The van der Waals surface area contributed by atoms with Crippen LogP contribution >= 0.6 is 0 Å². The van der Waals surface area contributed by atoms with Crippen molar-refractivity contribution in [2.45, 2.75) is 38.3 Å². The molecule has 2 unspecified atom stereocenters. The minimum Gasteiger partial charge on any atom is -0.385 e. The lowest BCUT2D eigenvalue weighted by Crippen LogP contribution is -2.44. The van der Waals surface area contributed by atoms with E-state index in [9.17, 15) is 0 Å². The molecule has 2 atom stereocenters. The zero-order valence-corrected chi connectivity index (χ0v) is 10.5. The van der Waals surface area contributed by atoms with Gasteiger partial charge in [0.25, 0.3) is 0 Å². The molecule has 0 spiro atoms. The molecule has 0 aromatic carbocycles. The quantitative estimate of drug-likeness (QED) is 0.637. The van der Waals surface area contributed by atoms with Gasteiger partial charge in [-0.1, -0.05) is 0 Å². The summed E-state index contributed by atoms with van der Waals surface area (Å²) in [5, 5.41) is 3.42. The van der Waals surface area contributed by atoms with E-state index >= 15 is 0 Å². The Hall–Kier alpha value is -0.160. The summed E-state index contributed by atoms with van der Waals surface area (Å²) in [6.07, 6.45) is 3.69. The second-order valence-corrected chi connectivity index (χ2v) is 4.25. The number of rotatable bonds is 8. The standard InChI is InChI=1S/C12H25NO3/c1-11-12(5-3-6-13-11)16-10-9-15-8-4-7-14-2/h11-13H,3-10H2,1-2H3. The Labute approximate surface area is 98.6 Å². The second kappa shape index (κ2) is 8.93. The molecule has 1 N–H and O–H groups in total. The fourth-order valence-electron chi connectivity index (χ4n) is 1.91. The molecular weight excluding hydrogens is 206 g/mol. The molecule has 0 amide bonds. The molecule has 0 radical (unpaired) electrons. The van der Waals surface area contributed by atoms with Crippen LogP contribution in [0.1, 0.15) is 26.2 Å². The van der Waals surface area contributed by atoms with Crippen LogP contribution in [0.3, 0.4) is 0 Å². The van der Waals surface area contributed by atoms with E-state index < -0.39 is 0 Å². The summed E-state index contributed by atoms with van der Waals surface area (Å²) in [5.74, 6) is 0. The molecule has 1 aliphatic rings. The van der Waals surface area contributed by atoms with E-state index in [0.717, 1.165) is 32.6 Å². The van der Waals surface area contributed by atoms with Crippen molar-refractivity contribution in [3.8, 4) is 0 Å². The summed E-state index contributed by atoms with van der Waals surface area (Å²) < 4.78 is 16.2. The van der Waals surface area contributed by atoms with Gasteiger partial charge in [0, 0.05) is 26.4 Å². The van der Waals surface area contributed by atoms with Gasteiger partial charge < -0.3 is 19.5 Å². The van der Waals surface area contributed by atoms with Gasteiger partial charge in [0.15, 0.2) is 0 Å². The lowest BCUT2D eigenvalue weighted by atomic mass is 10.0. The minimum absolute atomic E-state index is 0.358. The van der Waals surface area contributed by atoms with Gasteiger partial charge in [-0.3, -0.25) is 0 Å². The number of hydrogen-bond donors (Lipinski definition) is 1. The van der Waals surface area contributed by atoms with Crippen LogP contribution in [0.2, 0.25) is 0 Å². The first-order valence-corrected chi connectivity index (χ1v) is 6.26. The maximum absolute atomic E-state index is 5.78. The Kier molecular flexibility index (Phi) is 7.76. The summed E-state index contributed by atoms with van der Waals surface area (Å²) in [6, 6.07) is 0.474. The average Bonchev–Trinajstić information content (AvgIpc) is 2.30. The monoisotopic (exact) mass is 231 g/mol. The summed E-state index contributed by atoms with van der Waals surface area (Å²) in [6.45, 7) is 6.22. The first-order chi connectivity index (χ1) is 7.84. The molecule has 1 saturated heterocycles. The molecule has 1 fully saturated rings. The van der Waals surface area contributed by atoms with Crippen molar-refractivity contribution in [3.63, 3.8) is 0 Å². The van der Waals surface area contributed by atoms with Gasteiger partial charge in [-0.2, -0.15) is 0 Å². The molecule has 1 aliphatic heterocycles. The Bertz CT molecular complexity index is 166. The van der Waals surface area contributed by atoms with Crippen LogP contribution in [0.25, 0.3) is 0 Å². The van der Waals surface area contributed by atoms with Crippen LogP contribution in [0.5, 0.6) is 0 Å². The summed E-state index contributed by atoms with van der Waals surface area (Å²) >= 11 is 0. The molecule has 0 aromatic heterocycles. The molecule has 16 heavy (non-hydrogen) atoms. The van der Waals surface area contributed by atoms with Crippen LogP contribution in [0, 0.1) is 0 Å². The third-order valence-electron chi connectivity index (χ3n) is 2.89. The molecule has 1 rings (SSSR count). The fraction of sp³-hybridized carbons (Fsp3) is 1.00.